The van der Waals surface area contributed by atoms with Gasteiger partial charge < -0.3 is 9.47 Å². The molecule has 6 unspecified atom stereocenters. The van der Waals surface area contributed by atoms with E-state index in [4.69, 9.17) is 9.47 Å². The second-order valence-corrected chi connectivity index (χ2v) is 10.8. The van der Waals surface area contributed by atoms with Crippen LogP contribution >= 0.6 is 0 Å². The molecule has 4 aliphatic rings. The standard InChI is InChI=1S/C26H44F2O2/c1-3-5-17-6-8-18(9-7-17)19-10-12-20(13-11-19)22-15-14-21-16-23(29-4-2)24(27)25(28)26(21)30-22/h17-26H,3-16H2,1-2H3. The molecule has 4 fully saturated rings. The fourth-order valence-corrected chi connectivity index (χ4v) is 7.39. The van der Waals surface area contributed by atoms with Crippen LogP contribution in [0.25, 0.3) is 0 Å². The lowest BCUT2D eigenvalue weighted by atomic mass is 9.67. The van der Waals surface area contributed by atoms with Crippen LogP contribution in [-0.4, -0.2) is 37.3 Å². The Balaban J connectivity index is 1.24. The Labute approximate surface area is 182 Å². The van der Waals surface area contributed by atoms with E-state index in [1.165, 1.54) is 64.2 Å². The Morgan fingerprint density at radius 2 is 1.33 bits per heavy atom. The van der Waals surface area contributed by atoms with Crippen molar-refractivity contribution < 1.29 is 18.3 Å². The maximum absolute atomic E-state index is 14.8. The topological polar surface area (TPSA) is 18.5 Å². The molecule has 0 N–H and O–H groups in total. The maximum atomic E-state index is 14.8. The van der Waals surface area contributed by atoms with Crippen LogP contribution in [0.5, 0.6) is 0 Å². The number of hydrogen-bond acceptors (Lipinski definition) is 2. The summed E-state index contributed by atoms with van der Waals surface area (Å²) < 4.78 is 41.1. The summed E-state index contributed by atoms with van der Waals surface area (Å²) in [7, 11) is 0. The molecule has 2 nitrogen and oxygen atoms in total. The van der Waals surface area contributed by atoms with Crippen molar-refractivity contribution in [3.63, 3.8) is 0 Å². The fraction of sp³-hybridized carbons (Fsp3) is 1.00. The van der Waals surface area contributed by atoms with Gasteiger partial charge in [0.05, 0.1) is 18.3 Å². The van der Waals surface area contributed by atoms with E-state index in [1.807, 2.05) is 6.92 Å². The van der Waals surface area contributed by atoms with Crippen molar-refractivity contribution in [1.82, 2.24) is 0 Å². The lowest BCUT2D eigenvalue weighted by molar-refractivity contribution is -0.194. The molecule has 3 aliphatic carbocycles. The van der Waals surface area contributed by atoms with E-state index >= 15 is 0 Å². The summed E-state index contributed by atoms with van der Waals surface area (Å²) in [6.07, 6.45) is 12.1. The van der Waals surface area contributed by atoms with E-state index < -0.39 is 24.6 Å². The molecular weight excluding hydrogens is 382 g/mol. The fourth-order valence-electron chi connectivity index (χ4n) is 7.39. The summed E-state index contributed by atoms with van der Waals surface area (Å²) in [5.41, 5.74) is 0. The maximum Gasteiger partial charge on any atom is 0.160 e. The summed E-state index contributed by atoms with van der Waals surface area (Å²) in [4.78, 5) is 0. The van der Waals surface area contributed by atoms with Gasteiger partial charge in [-0.1, -0.05) is 32.6 Å². The van der Waals surface area contributed by atoms with Crippen molar-refractivity contribution >= 4 is 0 Å². The molecule has 0 spiro atoms. The SMILES string of the molecule is CCCC1CCC(C2CCC(C3CCC4CC(OCC)C(F)C(F)C4O3)CC2)CC1. The number of fused-ring (bicyclic) bond motifs is 1. The summed E-state index contributed by atoms with van der Waals surface area (Å²) in [6.45, 7) is 4.61. The Morgan fingerprint density at radius 1 is 0.733 bits per heavy atom. The van der Waals surface area contributed by atoms with Gasteiger partial charge in [0.15, 0.2) is 12.3 Å². The lowest BCUT2D eigenvalue weighted by Crippen LogP contribution is -2.55. The minimum atomic E-state index is -1.54. The quantitative estimate of drug-likeness (QED) is 0.453. The molecule has 0 amide bonds. The monoisotopic (exact) mass is 426 g/mol. The summed E-state index contributed by atoms with van der Waals surface area (Å²) >= 11 is 0. The van der Waals surface area contributed by atoms with Crippen LogP contribution in [0.4, 0.5) is 8.78 Å². The molecule has 0 aromatic heterocycles. The number of rotatable bonds is 6. The highest BCUT2D eigenvalue weighted by Gasteiger charge is 2.50. The summed E-state index contributed by atoms with van der Waals surface area (Å²) in [6, 6.07) is 0. The third-order valence-corrected chi connectivity index (χ3v) is 9.10. The molecule has 4 heteroatoms. The number of hydrogen-bond donors (Lipinski definition) is 0. The summed E-state index contributed by atoms with van der Waals surface area (Å²) in [5, 5.41) is 0. The van der Waals surface area contributed by atoms with Gasteiger partial charge in [-0.3, -0.25) is 0 Å². The van der Waals surface area contributed by atoms with Crippen LogP contribution in [0, 0.1) is 29.6 Å². The van der Waals surface area contributed by atoms with Crippen molar-refractivity contribution in [2.45, 2.75) is 128 Å². The Bertz CT molecular complexity index is 511. The van der Waals surface area contributed by atoms with Gasteiger partial charge in [0.1, 0.15) is 0 Å². The first-order valence-electron chi connectivity index (χ1n) is 13.2. The number of alkyl halides is 2. The van der Waals surface area contributed by atoms with E-state index in [-0.39, 0.29) is 12.0 Å². The van der Waals surface area contributed by atoms with Crippen LogP contribution in [0.1, 0.15) is 97.3 Å². The first kappa shape index (κ1) is 23.0. The smallest absolute Gasteiger partial charge is 0.160 e. The normalized spacial score (nSPS) is 47.6. The molecule has 3 saturated carbocycles. The summed E-state index contributed by atoms with van der Waals surface area (Å²) in [5.74, 6) is 3.48. The molecule has 1 aliphatic heterocycles. The second-order valence-electron chi connectivity index (χ2n) is 10.8. The van der Waals surface area contributed by atoms with Gasteiger partial charge in [0, 0.05) is 6.61 Å². The van der Waals surface area contributed by atoms with Crippen LogP contribution in [0.2, 0.25) is 0 Å². The zero-order valence-electron chi connectivity index (χ0n) is 19.2. The van der Waals surface area contributed by atoms with E-state index in [0.29, 0.717) is 18.9 Å². The largest absolute Gasteiger partial charge is 0.375 e. The highest BCUT2D eigenvalue weighted by molar-refractivity contribution is 4.98. The van der Waals surface area contributed by atoms with E-state index in [0.717, 1.165) is 30.6 Å². The van der Waals surface area contributed by atoms with Gasteiger partial charge >= 0.3 is 0 Å². The molecule has 1 heterocycles. The predicted molar refractivity (Wildman–Crippen MR) is 117 cm³/mol. The molecule has 6 atom stereocenters. The van der Waals surface area contributed by atoms with Gasteiger partial charge in [-0.2, -0.15) is 0 Å². The second kappa shape index (κ2) is 10.6. The van der Waals surface area contributed by atoms with E-state index in [9.17, 15) is 8.78 Å². The molecular formula is C26H44F2O2. The van der Waals surface area contributed by atoms with Crippen LogP contribution < -0.4 is 0 Å². The number of halogens is 2. The predicted octanol–water partition coefficient (Wildman–Crippen LogP) is 7.05. The van der Waals surface area contributed by atoms with Gasteiger partial charge in [0.2, 0.25) is 0 Å². The van der Waals surface area contributed by atoms with E-state index in [1.54, 1.807) is 0 Å². The van der Waals surface area contributed by atoms with Crippen molar-refractivity contribution in [3.8, 4) is 0 Å². The highest BCUT2D eigenvalue weighted by Crippen LogP contribution is 2.46. The van der Waals surface area contributed by atoms with Gasteiger partial charge in [-0.05, 0) is 94.3 Å². The van der Waals surface area contributed by atoms with Gasteiger partial charge in [-0.25, -0.2) is 8.78 Å². The Kier molecular flexibility index (Phi) is 8.11. The third-order valence-electron chi connectivity index (χ3n) is 9.10. The molecule has 30 heavy (non-hydrogen) atoms. The van der Waals surface area contributed by atoms with Crippen molar-refractivity contribution in [2.24, 2.45) is 29.6 Å². The van der Waals surface area contributed by atoms with Crippen molar-refractivity contribution in [2.75, 3.05) is 6.61 Å². The zero-order valence-corrected chi connectivity index (χ0v) is 19.2. The molecule has 1 saturated heterocycles. The minimum Gasteiger partial charge on any atom is -0.375 e. The third kappa shape index (κ3) is 5.05. The van der Waals surface area contributed by atoms with Crippen LogP contribution in [-0.2, 0) is 9.47 Å². The first-order valence-corrected chi connectivity index (χ1v) is 13.2. The average Bonchev–Trinajstić information content (AvgIpc) is 2.78. The molecule has 174 valence electrons. The van der Waals surface area contributed by atoms with Crippen molar-refractivity contribution in [3.05, 3.63) is 0 Å². The zero-order chi connectivity index (χ0) is 21.1. The van der Waals surface area contributed by atoms with Gasteiger partial charge in [0.25, 0.3) is 0 Å². The minimum absolute atomic E-state index is 0.120. The average molecular weight is 427 g/mol. The molecule has 0 bridgehead atoms. The molecule has 0 aromatic carbocycles. The van der Waals surface area contributed by atoms with Gasteiger partial charge in [-0.15, -0.1) is 0 Å². The lowest BCUT2D eigenvalue weighted by Gasteiger charge is -2.47. The van der Waals surface area contributed by atoms with Crippen LogP contribution in [0.3, 0.4) is 0 Å². The Hall–Kier alpha value is -0.220. The molecule has 4 rings (SSSR count). The van der Waals surface area contributed by atoms with Crippen LogP contribution in [0.15, 0.2) is 0 Å². The first-order chi connectivity index (χ1) is 14.6. The van der Waals surface area contributed by atoms with Crippen molar-refractivity contribution in [1.29, 1.82) is 0 Å². The van der Waals surface area contributed by atoms with E-state index in [2.05, 4.69) is 6.92 Å². The Morgan fingerprint density at radius 3 is 1.97 bits per heavy atom. The number of ether oxygens (including phenoxy) is 2. The molecule has 0 aromatic rings. The highest BCUT2D eigenvalue weighted by atomic mass is 19.2. The molecule has 0 radical (unpaired) electrons.